The monoisotopic (exact) mass is 194 g/mol. The molecule has 1 rings (SSSR count). The fourth-order valence-electron chi connectivity index (χ4n) is 1.00. The molecule has 2 atom stereocenters. The number of aliphatic hydroxyl groups excluding tert-OH is 2. The van der Waals surface area contributed by atoms with Gasteiger partial charge in [0.2, 0.25) is 0 Å². The number of rotatable bonds is 4. The second-order valence-corrected chi connectivity index (χ2v) is 2.80. The second-order valence-electron chi connectivity index (χ2n) is 2.80. The van der Waals surface area contributed by atoms with Crippen LogP contribution in [0.3, 0.4) is 0 Å². The number of hydrogen-bond donors (Lipinski definition) is 2. The van der Waals surface area contributed by atoms with Gasteiger partial charge in [0.1, 0.15) is 12.2 Å². The number of carbonyl (C=O) groups excluding carboxylic acids is 2. The van der Waals surface area contributed by atoms with Crippen LogP contribution in [0.4, 0.5) is 0 Å². The summed E-state index contributed by atoms with van der Waals surface area (Å²) in [7, 11) is 0. The summed E-state index contributed by atoms with van der Waals surface area (Å²) in [5.41, 5.74) is 0.265. The zero-order valence-corrected chi connectivity index (χ0v) is 7.33. The van der Waals surface area contributed by atoms with Crippen molar-refractivity contribution in [1.82, 2.24) is 0 Å². The van der Waals surface area contributed by atoms with Crippen LogP contribution in [0, 0.1) is 0 Å². The summed E-state index contributed by atoms with van der Waals surface area (Å²) in [6, 6.07) is 7.99. The van der Waals surface area contributed by atoms with Crippen LogP contribution in [0.1, 0.15) is 10.4 Å². The van der Waals surface area contributed by atoms with Gasteiger partial charge < -0.3 is 15.0 Å². The van der Waals surface area contributed by atoms with Crippen LogP contribution in [0.25, 0.3) is 0 Å². The number of Topliss-reactive ketones (excluding diaryl/α,β-unsaturated/α-hetero) is 1. The van der Waals surface area contributed by atoms with E-state index in [-0.39, 0.29) is 11.8 Å². The lowest BCUT2D eigenvalue weighted by Gasteiger charge is -2.10. The van der Waals surface area contributed by atoms with E-state index in [4.69, 9.17) is 5.11 Å². The summed E-state index contributed by atoms with van der Waals surface area (Å²) in [6.07, 6.45) is -3.22. The molecule has 0 fully saturated rings. The van der Waals surface area contributed by atoms with Gasteiger partial charge in [-0.15, -0.1) is 0 Å². The minimum Gasteiger partial charge on any atom is -0.382 e. The SMILES string of the molecule is O=CC(O)C(O)C(=O)c1ccccc1. The number of aldehydes is 1. The average Bonchev–Trinajstić information content (AvgIpc) is 2.27. The lowest BCUT2D eigenvalue weighted by molar-refractivity contribution is -0.118. The highest BCUT2D eigenvalue weighted by Crippen LogP contribution is 2.05. The molecule has 0 amide bonds. The predicted molar refractivity (Wildman–Crippen MR) is 48.9 cm³/mol. The third-order valence-electron chi connectivity index (χ3n) is 1.79. The highest BCUT2D eigenvalue weighted by molar-refractivity contribution is 6.01. The van der Waals surface area contributed by atoms with Gasteiger partial charge in [0.15, 0.2) is 12.1 Å². The quantitative estimate of drug-likeness (QED) is 0.513. The molecule has 4 heteroatoms. The summed E-state index contributed by atoms with van der Waals surface area (Å²) in [5.74, 6) is -0.662. The third kappa shape index (κ3) is 2.25. The fraction of sp³-hybridized carbons (Fsp3) is 0.200. The minimum atomic E-state index is -1.69. The molecule has 0 aliphatic heterocycles. The molecule has 0 saturated carbocycles. The Kier molecular flexibility index (Phi) is 3.50. The Morgan fingerprint density at radius 1 is 1.21 bits per heavy atom. The first-order valence-corrected chi connectivity index (χ1v) is 4.07. The molecule has 0 radical (unpaired) electrons. The van der Waals surface area contributed by atoms with Crippen LogP contribution in [-0.4, -0.2) is 34.5 Å². The van der Waals surface area contributed by atoms with Gasteiger partial charge in [-0.05, 0) is 0 Å². The average molecular weight is 194 g/mol. The standard InChI is InChI=1S/C10H10O4/c11-6-8(12)10(14)9(13)7-4-2-1-3-5-7/h1-6,8,10,12,14H. The number of carbonyl (C=O) groups is 2. The molecule has 0 saturated heterocycles. The maximum Gasteiger partial charge on any atom is 0.194 e. The smallest absolute Gasteiger partial charge is 0.194 e. The van der Waals surface area contributed by atoms with Crippen molar-refractivity contribution in [3.8, 4) is 0 Å². The first-order chi connectivity index (χ1) is 6.66. The molecule has 0 bridgehead atoms. The summed E-state index contributed by atoms with van der Waals surface area (Å²) >= 11 is 0. The Labute approximate surface area is 80.8 Å². The molecule has 14 heavy (non-hydrogen) atoms. The molecule has 0 heterocycles. The molecule has 0 spiro atoms. The summed E-state index contributed by atoms with van der Waals surface area (Å²) < 4.78 is 0. The van der Waals surface area contributed by atoms with Gasteiger partial charge in [0, 0.05) is 5.56 Å². The molecule has 4 nitrogen and oxygen atoms in total. The largest absolute Gasteiger partial charge is 0.382 e. The number of hydrogen-bond acceptors (Lipinski definition) is 4. The van der Waals surface area contributed by atoms with E-state index < -0.39 is 18.0 Å². The van der Waals surface area contributed by atoms with Gasteiger partial charge in [-0.1, -0.05) is 30.3 Å². The van der Waals surface area contributed by atoms with Gasteiger partial charge in [-0.3, -0.25) is 4.79 Å². The highest BCUT2D eigenvalue weighted by atomic mass is 16.3. The Morgan fingerprint density at radius 3 is 2.29 bits per heavy atom. The Hall–Kier alpha value is -1.52. The van der Waals surface area contributed by atoms with Gasteiger partial charge in [0.25, 0.3) is 0 Å². The lowest BCUT2D eigenvalue weighted by Crippen LogP contribution is -2.34. The van der Waals surface area contributed by atoms with E-state index in [2.05, 4.69) is 0 Å². The van der Waals surface area contributed by atoms with Gasteiger partial charge in [-0.25, -0.2) is 0 Å². The van der Waals surface area contributed by atoms with E-state index in [1.165, 1.54) is 12.1 Å². The molecule has 0 aliphatic rings. The molecular weight excluding hydrogens is 184 g/mol. The summed E-state index contributed by atoms with van der Waals surface area (Å²) in [5, 5.41) is 18.1. The molecular formula is C10H10O4. The number of ketones is 1. The van der Waals surface area contributed by atoms with E-state index in [9.17, 15) is 14.7 Å². The Balaban J connectivity index is 2.81. The molecule has 1 aromatic carbocycles. The maximum atomic E-state index is 11.4. The Morgan fingerprint density at radius 2 is 1.79 bits per heavy atom. The first-order valence-electron chi connectivity index (χ1n) is 4.07. The third-order valence-corrected chi connectivity index (χ3v) is 1.79. The molecule has 1 aromatic rings. The summed E-state index contributed by atoms with van der Waals surface area (Å²) in [6.45, 7) is 0. The van der Waals surface area contributed by atoms with Gasteiger partial charge in [-0.2, -0.15) is 0 Å². The molecule has 74 valence electrons. The van der Waals surface area contributed by atoms with E-state index in [0.29, 0.717) is 0 Å². The summed E-state index contributed by atoms with van der Waals surface area (Å²) in [4.78, 5) is 21.5. The van der Waals surface area contributed by atoms with Crippen LogP contribution >= 0.6 is 0 Å². The van der Waals surface area contributed by atoms with Crippen LogP contribution in [0.2, 0.25) is 0 Å². The van der Waals surface area contributed by atoms with E-state index >= 15 is 0 Å². The van der Waals surface area contributed by atoms with Crippen LogP contribution in [0.5, 0.6) is 0 Å². The molecule has 2 N–H and O–H groups in total. The maximum absolute atomic E-state index is 11.4. The van der Waals surface area contributed by atoms with Gasteiger partial charge >= 0.3 is 0 Å². The van der Waals surface area contributed by atoms with Crippen molar-refractivity contribution >= 4 is 12.1 Å². The van der Waals surface area contributed by atoms with Crippen LogP contribution in [0.15, 0.2) is 30.3 Å². The van der Waals surface area contributed by atoms with E-state index in [0.717, 1.165) is 0 Å². The molecule has 0 aromatic heterocycles. The number of aliphatic hydroxyl groups is 2. The number of benzene rings is 1. The Bertz CT molecular complexity index is 320. The first kappa shape index (κ1) is 10.6. The highest BCUT2D eigenvalue weighted by Gasteiger charge is 2.24. The predicted octanol–water partition coefficient (Wildman–Crippen LogP) is -0.210. The van der Waals surface area contributed by atoms with Crippen molar-refractivity contribution in [2.75, 3.05) is 0 Å². The normalized spacial score (nSPS) is 14.4. The van der Waals surface area contributed by atoms with Crippen molar-refractivity contribution < 1.29 is 19.8 Å². The van der Waals surface area contributed by atoms with Crippen LogP contribution in [-0.2, 0) is 4.79 Å². The van der Waals surface area contributed by atoms with E-state index in [1.807, 2.05) is 0 Å². The van der Waals surface area contributed by atoms with Crippen molar-refractivity contribution in [3.63, 3.8) is 0 Å². The van der Waals surface area contributed by atoms with Crippen molar-refractivity contribution in [3.05, 3.63) is 35.9 Å². The fourth-order valence-corrected chi connectivity index (χ4v) is 1.00. The topological polar surface area (TPSA) is 74.6 Å². The molecule has 0 aliphatic carbocycles. The molecule has 2 unspecified atom stereocenters. The van der Waals surface area contributed by atoms with Crippen molar-refractivity contribution in [2.45, 2.75) is 12.2 Å². The van der Waals surface area contributed by atoms with Crippen LogP contribution < -0.4 is 0 Å². The lowest BCUT2D eigenvalue weighted by atomic mass is 10.0. The second kappa shape index (κ2) is 4.64. The van der Waals surface area contributed by atoms with Crippen molar-refractivity contribution in [2.24, 2.45) is 0 Å². The van der Waals surface area contributed by atoms with Crippen molar-refractivity contribution in [1.29, 1.82) is 0 Å². The zero-order chi connectivity index (χ0) is 10.6. The van der Waals surface area contributed by atoms with Gasteiger partial charge in [0.05, 0.1) is 0 Å². The minimum absolute atomic E-state index is 0.130. The zero-order valence-electron chi connectivity index (χ0n) is 7.33. The van der Waals surface area contributed by atoms with E-state index in [1.54, 1.807) is 18.2 Å².